The van der Waals surface area contributed by atoms with E-state index in [9.17, 15) is 14.4 Å². The lowest BCUT2D eigenvalue weighted by Gasteiger charge is -2.32. The molecule has 0 radical (unpaired) electrons. The Morgan fingerprint density at radius 1 is 1.06 bits per heavy atom. The van der Waals surface area contributed by atoms with E-state index in [4.69, 9.17) is 14.2 Å². The number of rotatable bonds is 3. The summed E-state index contributed by atoms with van der Waals surface area (Å²) in [4.78, 5) is 36.2. The van der Waals surface area contributed by atoms with Gasteiger partial charge in [0.2, 0.25) is 0 Å². The Labute approximate surface area is 196 Å². The molecule has 2 aromatic carbocycles. The van der Waals surface area contributed by atoms with Crippen molar-refractivity contribution in [3.05, 3.63) is 50.9 Å². The van der Waals surface area contributed by atoms with Gasteiger partial charge in [0.15, 0.2) is 12.4 Å². The van der Waals surface area contributed by atoms with E-state index in [0.717, 1.165) is 20.3 Å². The molecule has 1 atom stereocenters. The van der Waals surface area contributed by atoms with Gasteiger partial charge in [-0.2, -0.15) is 0 Å². The van der Waals surface area contributed by atoms with E-state index >= 15 is 0 Å². The molecule has 31 heavy (non-hydrogen) atoms. The predicted molar refractivity (Wildman–Crippen MR) is 122 cm³/mol. The first-order valence-electron chi connectivity index (χ1n) is 9.64. The quantitative estimate of drug-likeness (QED) is 0.532. The summed E-state index contributed by atoms with van der Waals surface area (Å²) >= 11 is 6.68. The second-order valence-electron chi connectivity index (χ2n) is 6.85. The van der Waals surface area contributed by atoms with Crippen LogP contribution in [0.2, 0.25) is 0 Å². The number of ketones is 1. The number of fused-ring (bicyclic) bond motifs is 2. The lowest BCUT2D eigenvalue weighted by molar-refractivity contribution is -0.145. The molecule has 2 aliphatic rings. The minimum absolute atomic E-state index is 0.0762. The number of amides is 1. The van der Waals surface area contributed by atoms with Gasteiger partial charge in [-0.3, -0.25) is 14.5 Å². The van der Waals surface area contributed by atoms with E-state index in [1.54, 1.807) is 32.0 Å². The standard InChI is InChI=1S/C13H14BrNO4.C9H7BrO2/c1-3-18-13(17)8(2)15-10-5-4-9(14)6-11(10)19-7-12(15)16;10-7-2-1-6-3-8(11)5-12-9(6)4-7/h4-6,8H,3,7H2,1-2H3;1-2,4H,3,5H2/t8-;/m1./s1. The normalized spacial score (nSPS) is 15.4. The maximum absolute atomic E-state index is 12.0. The smallest absolute Gasteiger partial charge is 0.328 e. The van der Waals surface area contributed by atoms with Gasteiger partial charge < -0.3 is 14.2 Å². The molecule has 0 aliphatic carbocycles. The molecule has 7 nitrogen and oxygen atoms in total. The highest BCUT2D eigenvalue weighted by Crippen LogP contribution is 2.35. The lowest BCUT2D eigenvalue weighted by Crippen LogP contribution is -2.48. The summed E-state index contributed by atoms with van der Waals surface area (Å²) in [6.45, 7) is 3.80. The van der Waals surface area contributed by atoms with E-state index in [1.807, 2.05) is 18.2 Å². The zero-order chi connectivity index (χ0) is 22.5. The zero-order valence-corrected chi connectivity index (χ0v) is 20.2. The summed E-state index contributed by atoms with van der Waals surface area (Å²) in [6, 6.07) is 10.4. The van der Waals surface area contributed by atoms with Crippen molar-refractivity contribution in [1.82, 2.24) is 0 Å². The third kappa shape index (κ3) is 5.65. The Morgan fingerprint density at radius 3 is 2.42 bits per heavy atom. The molecule has 0 saturated carbocycles. The Kier molecular flexibility index (Phi) is 7.72. The number of Topliss-reactive ketones (excluding diaryl/α,β-unsaturated/α-hetero) is 1. The van der Waals surface area contributed by atoms with Crippen molar-refractivity contribution in [2.24, 2.45) is 0 Å². The molecule has 4 rings (SSSR count). The van der Waals surface area contributed by atoms with Crippen LogP contribution >= 0.6 is 31.9 Å². The van der Waals surface area contributed by atoms with Crippen LogP contribution in [0.25, 0.3) is 0 Å². The second-order valence-corrected chi connectivity index (χ2v) is 8.68. The number of anilines is 1. The molecule has 164 valence electrons. The molecule has 0 bridgehead atoms. The fraction of sp³-hybridized carbons (Fsp3) is 0.318. The molecule has 0 N–H and O–H groups in total. The molecule has 0 aromatic heterocycles. The molecule has 2 heterocycles. The molecule has 1 amide bonds. The topological polar surface area (TPSA) is 82.1 Å². The molecule has 9 heteroatoms. The summed E-state index contributed by atoms with van der Waals surface area (Å²) in [6.07, 6.45) is 0.503. The van der Waals surface area contributed by atoms with Gasteiger partial charge in [0.05, 0.1) is 12.3 Å². The first-order chi connectivity index (χ1) is 14.8. The summed E-state index contributed by atoms with van der Waals surface area (Å²) in [5.41, 5.74) is 1.56. The third-order valence-corrected chi connectivity index (χ3v) is 5.61. The van der Waals surface area contributed by atoms with Crippen molar-refractivity contribution < 1.29 is 28.6 Å². The highest BCUT2D eigenvalue weighted by atomic mass is 79.9. The number of nitrogens with zero attached hydrogens (tertiary/aromatic N) is 1. The molecule has 0 fully saturated rings. The number of hydrogen-bond acceptors (Lipinski definition) is 6. The van der Waals surface area contributed by atoms with Gasteiger partial charge in [-0.05, 0) is 44.2 Å². The SMILES string of the molecule is CCOC(=O)[C@@H](C)N1C(=O)COc2cc(Br)ccc21.O=C1COc2cc(Br)ccc2C1. The van der Waals surface area contributed by atoms with Crippen LogP contribution in [-0.2, 0) is 25.5 Å². The number of benzene rings is 2. The van der Waals surface area contributed by atoms with Crippen molar-refractivity contribution in [2.75, 3.05) is 24.7 Å². The lowest BCUT2D eigenvalue weighted by atomic mass is 10.1. The van der Waals surface area contributed by atoms with Gasteiger partial charge in [-0.1, -0.05) is 37.9 Å². The van der Waals surface area contributed by atoms with Crippen LogP contribution in [-0.4, -0.2) is 43.5 Å². The number of carbonyl (C=O) groups is 3. The number of ether oxygens (including phenoxy) is 3. The van der Waals surface area contributed by atoms with Gasteiger partial charge in [0.1, 0.15) is 24.1 Å². The van der Waals surface area contributed by atoms with E-state index in [2.05, 4.69) is 31.9 Å². The highest BCUT2D eigenvalue weighted by Gasteiger charge is 2.33. The average molecular weight is 555 g/mol. The van der Waals surface area contributed by atoms with E-state index in [0.29, 0.717) is 17.9 Å². The van der Waals surface area contributed by atoms with Crippen LogP contribution in [0, 0.1) is 0 Å². The molecular weight excluding hydrogens is 534 g/mol. The molecule has 2 aromatic rings. The van der Waals surface area contributed by atoms with Gasteiger partial charge >= 0.3 is 5.97 Å². The van der Waals surface area contributed by atoms with Crippen molar-refractivity contribution >= 4 is 55.2 Å². The highest BCUT2D eigenvalue weighted by molar-refractivity contribution is 9.10. The van der Waals surface area contributed by atoms with Gasteiger partial charge in [-0.25, -0.2) is 4.79 Å². The predicted octanol–water partition coefficient (Wildman–Crippen LogP) is 4.08. The Balaban J connectivity index is 0.000000194. The van der Waals surface area contributed by atoms with Crippen LogP contribution < -0.4 is 14.4 Å². The number of carbonyl (C=O) groups excluding carboxylic acids is 3. The Hall–Kier alpha value is -2.39. The zero-order valence-electron chi connectivity index (χ0n) is 17.0. The number of esters is 1. The largest absolute Gasteiger partial charge is 0.485 e. The van der Waals surface area contributed by atoms with Crippen LogP contribution in [0.1, 0.15) is 19.4 Å². The molecule has 0 saturated heterocycles. The van der Waals surface area contributed by atoms with Gasteiger partial charge in [0.25, 0.3) is 5.91 Å². The van der Waals surface area contributed by atoms with Crippen LogP contribution in [0.4, 0.5) is 5.69 Å². The first kappa shape index (κ1) is 23.3. The number of hydrogen-bond donors (Lipinski definition) is 0. The summed E-state index contributed by atoms with van der Waals surface area (Å²) < 4.78 is 17.4. The Bertz CT molecular complexity index is 1010. The van der Waals surface area contributed by atoms with Crippen molar-refractivity contribution in [3.63, 3.8) is 0 Å². The van der Waals surface area contributed by atoms with Crippen molar-refractivity contribution in [2.45, 2.75) is 26.3 Å². The van der Waals surface area contributed by atoms with Gasteiger partial charge in [-0.15, -0.1) is 0 Å². The summed E-state index contributed by atoms with van der Waals surface area (Å²) in [7, 11) is 0. The third-order valence-electron chi connectivity index (χ3n) is 4.62. The van der Waals surface area contributed by atoms with Gasteiger partial charge in [0, 0.05) is 20.9 Å². The minimum Gasteiger partial charge on any atom is -0.485 e. The van der Waals surface area contributed by atoms with E-state index < -0.39 is 12.0 Å². The van der Waals surface area contributed by atoms with Crippen LogP contribution in [0.5, 0.6) is 11.5 Å². The van der Waals surface area contributed by atoms with Crippen molar-refractivity contribution in [1.29, 1.82) is 0 Å². The van der Waals surface area contributed by atoms with Crippen molar-refractivity contribution in [3.8, 4) is 11.5 Å². The van der Waals surface area contributed by atoms with Crippen LogP contribution in [0.3, 0.4) is 0 Å². The molecule has 0 spiro atoms. The maximum Gasteiger partial charge on any atom is 0.328 e. The van der Waals surface area contributed by atoms with E-state index in [-0.39, 0.29) is 31.5 Å². The maximum atomic E-state index is 12.0. The summed E-state index contributed by atoms with van der Waals surface area (Å²) in [5, 5.41) is 0. The monoisotopic (exact) mass is 553 g/mol. The average Bonchev–Trinajstić information content (AvgIpc) is 2.74. The molecular formula is C22H21Br2NO6. The summed E-state index contributed by atoms with van der Waals surface area (Å²) in [5.74, 6) is 0.862. The van der Waals surface area contributed by atoms with E-state index in [1.165, 1.54) is 4.90 Å². The fourth-order valence-corrected chi connectivity index (χ4v) is 3.85. The fourth-order valence-electron chi connectivity index (χ4n) is 3.17. The first-order valence-corrected chi connectivity index (χ1v) is 11.2. The van der Waals surface area contributed by atoms with Crippen LogP contribution in [0.15, 0.2) is 45.3 Å². The molecule has 2 aliphatic heterocycles. The number of halogens is 2. The minimum atomic E-state index is -0.670. The Morgan fingerprint density at radius 2 is 1.71 bits per heavy atom. The second kappa shape index (κ2) is 10.3. The molecule has 0 unspecified atom stereocenters.